The van der Waals surface area contributed by atoms with E-state index in [0.717, 1.165) is 27.9 Å². The van der Waals surface area contributed by atoms with Crippen LogP contribution in [0.25, 0.3) is 104 Å². The number of nitrogens with zero attached hydrogens (tertiary/aromatic N) is 4. The van der Waals surface area contributed by atoms with E-state index < -0.39 is 0 Å². The second-order valence-corrected chi connectivity index (χ2v) is 13.2. The molecule has 0 aliphatic rings. The zero-order valence-electron chi connectivity index (χ0n) is 26.3. The van der Waals surface area contributed by atoms with E-state index in [1.54, 1.807) is 0 Å². The third-order valence-electron chi connectivity index (χ3n) is 10.7. The summed E-state index contributed by atoms with van der Waals surface area (Å²) in [6.07, 6.45) is 2.06. The summed E-state index contributed by atoms with van der Waals surface area (Å²) >= 11 is 0. The Hall–Kier alpha value is -6.65. The number of fused-ring (bicyclic) bond motifs is 14. The largest absolute Gasteiger partial charge is 0.308 e. The van der Waals surface area contributed by atoms with Crippen molar-refractivity contribution in [2.24, 2.45) is 0 Å². The van der Waals surface area contributed by atoms with Crippen LogP contribution >= 0.6 is 0 Å². The summed E-state index contributed by atoms with van der Waals surface area (Å²) < 4.78 is 7.24. The second-order valence-electron chi connectivity index (χ2n) is 13.2. The average Bonchev–Trinajstić information content (AvgIpc) is 3.88. The van der Waals surface area contributed by atoms with Gasteiger partial charge in [-0.1, -0.05) is 97.1 Å². The highest BCUT2D eigenvalue weighted by Gasteiger charge is 2.25. The Kier molecular flexibility index (Phi) is 4.69. The summed E-state index contributed by atoms with van der Waals surface area (Å²) in [4.78, 5) is 5.25. The summed E-state index contributed by atoms with van der Waals surface area (Å²) in [6, 6.07) is 55.2. The van der Waals surface area contributed by atoms with E-state index in [0.29, 0.717) is 0 Å². The SMILES string of the molecule is c1ccc(-n2c3ccccc3c3cc(-n4c5ccccc5c5cc6c7ccccc7n7c8cc9ccccc9cc8c(c54)c67)cnc32)cc1. The predicted octanol–water partition coefficient (Wildman–Crippen LogP) is 11.6. The van der Waals surface area contributed by atoms with Gasteiger partial charge in [-0.3, -0.25) is 4.57 Å². The van der Waals surface area contributed by atoms with Gasteiger partial charge in [0.25, 0.3) is 0 Å². The normalized spacial score (nSPS) is 12.5. The van der Waals surface area contributed by atoms with Crippen molar-refractivity contribution in [3.8, 4) is 11.4 Å². The maximum Gasteiger partial charge on any atom is 0.145 e. The fraction of sp³-hybridized carbons (Fsp3) is 0. The molecule has 0 aliphatic heterocycles. The molecule has 0 N–H and O–H groups in total. The van der Waals surface area contributed by atoms with Crippen molar-refractivity contribution >= 4 is 92.6 Å². The minimum Gasteiger partial charge on any atom is -0.308 e. The summed E-state index contributed by atoms with van der Waals surface area (Å²) in [7, 11) is 0. The molecular weight excluding hydrogens is 597 g/mol. The van der Waals surface area contributed by atoms with E-state index in [9.17, 15) is 0 Å². The molecule has 49 heavy (non-hydrogen) atoms. The molecule has 0 aliphatic carbocycles. The van der Waals surface area contributed by atoms with Crippen LogP contribution in [0, 0.1) is 0 Å². The molecule has 0 spiro atoms. The van der Waals surface area contributed by atoms with Crippen molar-refractivity contribution < 1.29 is 0 Å². The Labute approximate surface area is 279 Å². The van der Waals surface area contributed by atoms with Crippen molar-refractivity contribution in [3.05, 3.63) is 158 Å². The smallest absolute Gasteiger partial charge is 0.145 e. The molecule has 12 rings (SSSR count). The quantitative estimate of drug-likeness (QED) is 0.188. The average molecular weight is 623 g/mol. The molecule has 4 heteroatoms. The fourth-order valence-electron chi connectivity index (χ4n) is 8.75. The lowest BCUT2D eigenvalue weighted by molar-refractivity contribution is 1.11. The summed E-state index contributed by atoms with van der Waals surface area (Å²) in [5, 5.41) is 12.5. The predicted molar refractivity (Wildman–Crippen MR) is 205 cm³/mol. The summed E-state index contributed by atoms with van der Waals surface area (Å²) in [5.41, 5.74) is 10.4. The van der Waals surface area contributed by atoms with Crippen LogP contribution in [0.3, 0.4) is 0 Å². The number of pyridine rings is 1. The van der Waals surface area contributed by atoms with Crippen molar-refractivity contribution in [3.63, 3.8) is 0 Å². The first-order valence-electron chi connectivity index (χ1n) is 16.8. The van der Waals surface area contributed by atoms with E-state index in [1.807, 2.05) is 0 Å². The first kappa shape index (κ1) is 25.4. The highest BCUT2D eigenvalue weighted by atomic mass is 15.1. The van der Waals surface area contributed by atoms with Gasteiger partial charge in [0.15, 0.2) is 0 Å². The maximum absolute atomic E-state index is 5.25. The van der Waals surface area contributed by atoms with Gasteiger partial charge < -0.3 is 8.97 Å². The molecule has 0 atom stereocenters. The molecule has 226 valence electrons. The molecule has 0 saturated carbocycles. The molecule has 0 amide bonds. The van der Waals surface area contributed by atoms with E-state index >= 15 is 0 Å². The summed E-state index contributed by atoms with van der Waals surface area (Å²) in [5.74, 6) is 0. The number of para-hydroxylation sites is 4. The van der Waals surface area contributed by atoms with Crippen molar-refractivity contribution in [2.45, 2.75) is 0 Å². The molecule has 12 aromatic rings. The van der Waals surface area contributed by atoms with Crippen molar-refractivity contribution in [1.29, 1.82) is 0 Å². The topological polar surface area (TPSA) is 27.2 Å². The van der Waals surface area contributed by atoms with E-state index in [1.165, 1.54) is 76.1 Å². The Balaban J connectivity index is 1.29. The molecular formula is C45H26N4. The first-order valence-corrected chi connectivity index (χ1v) is 16.8. The third-order valence-corrected chi connectivity index (χ3v) is 10.7. The zero-order valence-corrected chi connectivity index (χ0v) is 26.3. The van der Waals surface area contributed by atoms with Gasteiger partial charge in [0.1, 0.15) is 5.65 Å². The van der Waals surface area contributed by atoms with Gasteiger partial charge in [0.05, 0.1) is 45.0 Å². The van der Waals surface area contributed by atoms with Gasteiger partial charge in [-0.2, -0.15) is 0 Å². The Morgan fingerprint density at radius 3 is 1.73 bits per heavy atom. The fourth-order valence-corrected chi connectivity index (χ4v) is 8.75. The molecule has 5 heterocycles. The van der Waals surface area contributed by atoms with Crippen LogP contribution in [0.15, 0.2) is 158 Å². The lowest BCUT2D eigenvalue weighted by Crippen LogP contribution is -1.98. The van der Waals surface area contributed by atoms with Gasteiger partial charge in [-0.25, -0.2) is 4.98 Å². The first-order chi connectivity index (χ1) is 24.3. The minimum atomic E-state index is 0.959. The molecule has 4 nitrogen and oxygen atoms in total. The standard InChI is InChI=1S/C45H26N4/c1-2-14-29(15-3-1)48-39-20-10-8-18-33(39)36-24-30(26-46-45(36)48)47-38-19-9-6-16-31(38)34-25-35-32-17-7-11-21-40(32)49-41-23-28-13-5-4-12-27(28)22-37(41)42(43(34)47)44(35)49/h1-26H. The highest BCUT2D eigenvalue weighted by molar-refractivity contribution is 6.35. The highest BCUT2D eigenvalue weighted by Crippen LogP contribution is 2.47. The van der Waals surface area contributed by atoms with Gasteiger partial charge in [0.2, 0.25) is 0 Å². The van der Waals surface area contributed by atoms with Crippen LogP contribution in [0.5, 0.6) is 0 Å². The number of rotatable bonds is 2. The van der Waals surface area contributed by atoms with Gasteiger partial charge in [0, 0.05) is 48.8 Å². The molecule has 5 aromatic heterocycles. The van der Waals surface area contributed by atoms with Crippen LogP contribution in [-0.4, -0.2) is 18.5 Å². The second kappa shape index (κ2) is 9.03. The lowest BCUT2D eigenvalue weighted by Gasteiger charge is -2.10. The maximum atomic E-state index is 5.25. The molecule has 0 saturated heterocycles. The van der Waals surface area contributed by atoms with E-state index in [2.05, 4.69) is 171 Å². The van der Waals surface area contributed by atoms with Crippen molar-refractivity contribution in [2.75, 3.05) is 0 Å². The van der Waals surface area contributed by atoms with Gasteiger partial charge >= 0.3 is 0 Å². The number of hydrogen-bond donors (Lipinski definition) is 0. The van der Waals surface area contributed by atoms with Gasteiger partial charge in [-0.05, 0) is 65.4 Å². The zero-order chi connectivity index (χ0) is 31.8. The molecule has 0 fully saturated rings. The number of benzene rings is 7. The molecule has 0 radical (unpaired) electrons. The minimum absolute atomic E-state index is 0.959. The summed E-state index contributed by atoms with van der Waals surface area (Å²) in [6.45, 7) is 0. The van der Waals surface area contributed by atoms with Crippen LogP contribution < -0.4 is 0 Å². The van der Waals surface area contributed by atoms with E-state index in [-0.39, 0.29) is 0 Å². The van der Waals surface area contributed by atoms with Crippen LogP contribution in [0.4, 0.5) is 0 Å². The Morgan fingerprint density at radius 1 is 0.367 bits per heavy atom. The van der Waals surface area contributed by atoms with Crippen LogP contribution in [0.2, 0.25) is 0 Å². The monoisotopic (exact) mass is 622 g/mol. The molecule has 0 bridgehead atoms. The van der Waals surface area contributed by atoms with Crippen molar-refractivity contribution in [1.82, 2.24) is 18.5 Å². The van der Waals surface area contributed by atoms with Gasteiger partial charge in [-0.15, -0.1) is 0 Å². The number of aromatic nitrogens is 4. The van der Waals surface area contributed by atoms with E-state index in [4.69, 9.17) is 4.98 Å². The Bertz CT molecular complexity index is 3320. The third kappa shape index (κ3) is 3.16. The molecule has 7 aromatic carbocycles. The number of hydrogen-bond acceptors (Lipinski definition) is 1. The van der Waals surface area contributed by atoms with Crippen LogP contribution in [0.1, 0.15) is 0 Å². The lowest BCUT2D eigenvalue weighted by atomic mass is 10.0. The Morgan fingerprint density at radius 2 is 0.959 bits per heavy atom. The molecule has 0 unspecified atom stereocenters. The van der Waals surface area contributed by atoms with Crippen LogP contribution in [-0.2, 0) is 0 Å².